The van der Waals surface area contributed by atoms with Crippen LogP contribution in [0.25, 0.3) is 0 Å². The van der Waals surface area contributed by atoms with Crippen molar-refractivity contribution in [3.05, 3.63) is 48.0 Å². The van der Waals surface area contributed by atoms with E-state index in [1.165, 1.54) is 17.2 Å². The highest BCUT2D eigenvalue weighted by Gasteiger charge is 2.13. The number of hydrogen-bond donors (Lipinski definition) is 0. The lowest BCUT2D eigenvalue weighted by molar-refractivity contribution is 1.24. The third-order valence-corrected chi connectivity index (χ3v) is 3.61. The smallest absolute Gasteiger partial charge is 0.0487 e. The molecule has 0 heterocycles. The zero-order valence-corrected chi connectivity index (χ0v) is 10.5. The molecule has 0 fully saturated rings. The Hall–Kier alpha value is -0.823. The lowest BCUT2D eigenvalue weighted by atomic mass is 10.1. The summed E-state index contributed by atoms with van der Waals surface area (Å²) in [6.07, 6.45) is 2.93. The molecule has 1 aromatic carbocycles. The highest BCUT2D eigenvalue weighted by Crippen LogP contribution is 2.12. The molecule has 0 aliphatic rings. The van der Waals surface area contributed by atoms with E-state index in [4.69, 9.17) is 0 Å². The van der Waals surface area contributed by atoms with E-state index >= 15 is 0 Å². The van der Waals surface area contributed by atoms with Crippen LogP contribution in [0.1, 0.15) is 11.1 Å². The normalized spacial score (nSPS) is 11.4. The van der Waals surface area contributed by atoms with Gasteiger partial charge in [-0.1, -0.05) is 55.5 Å². The van der Waals surface area contributed by atoms with Crippen molar-refractivity contribution in [3.63, 3.8) is 0 Å². The molecule has 0 aliphatic carbocycles. The number of rotatable bonds is 4. The monoisotopic (exact) mass is 204 g/mol. The van der Waals surface area contributed by atoms with Gasteiger partial charge < -0.3 is 0 Å². The summed E-state index contributed by atoms with van der Waals surface area (Å²) in [6, 6.07) is 10.2. The van der Waals surface area contributed by atoms with Crippen molar-refractivity contribution in [2.24, 2.45) is 0 Å². The molecular weight excluding hydrogens is 184 g/mol. The minimum Gasteiger partial charge on any atom is -0.103 e. The lowest BCUT2D eigenvalue weighted by Gasteiger charge is -2.15. The fraction of sp³-hybridized carbons (Fsp3) is 0.385. The average molecular weight is 204 g/mol. The zero-order valence-electron chi connectivity index (χ0n) is 9.51. The van der Waals surface area contributed by atoms with Crippen molar-refractivity contribution < 1.29 is 0 Å². The van der Waals surface area contributed by atoms with E-state index < -0.39 is 8.07 Å². The summed E-state index contributed by atoms with van der Waals surface area (Å²) < 4.78 is 0. The molecular formula is C13H20Si. The van der Waals surface area contributed by atoms with Crippen LogP contribution in [0, 0.1) is 0 Å². The van der Waals surface area contributed by atoms with Crippen LogP contribution in [0.2, 0.25) is 19.6 Å². The fourth-order valence-corrected chi connectivity index (χ4v) is 3.03. The Bertz CT molecular complexity index is 290. The molecule has 0 atom stereocenters. The van der Waals surface area contributed by atoms with Crippen LogP contribution in [0.4, 0.5) is 0 Å². The van der Waals surface area contributed by atoms with E-state index in [9.17, 15) is 0 Å². The maximum absolute atomic E-state index is 3.74. The molecule has 0 unspecified atom stereocenters. The zero-order chi connectivity index (χ0) is 10.6. The maximum atomic E-state index is 3.74. The first-order chi connectivity index (χ1) is 6.51. The Balaban J connectivity index is 2.68. The molecule has 0 aliphatic heterocycles. The summed E-state index contributed by atoms with van der Waals surface area (Å²) in [5.74, 6) is 0. The molecule has 1 aromatic rings. The van der Waals surface area contributed by atoms with Crippen LogP contribution in [0.5, 0.6) is 0 Å². The fourth-order valence-electron chi connectivity index (χ4n) is 1.57. The van der Waals surface area contributed by atoms with E-state index in [1.54, 1.807) is 0 Å². The third kappa shape index (κ3) is 3.92. The summed E-state index contributed by atoms with van der Waals surface area (Å²) >= 11 is 0. The van der Waals surface area contributed by atoms with Crippen LogP contribution < -0.4 is 0 Å². The van der Waals surface area contributed by atoms with Crippen LogP contribution >= 0.6 is 0 Å². The highest BCUT2D eigenvalue weighted by atomic mass is 28.3. The average Bonchev–Trinajstić information content (AvgIpc) is 2.06. The molecule has 0 spiro atoms. The summed E-state index contributed by atoms with van der Waals surface area (Å²) in [7, 11) is -0.954. The summed E-state index contributed by atoms with van der Waals surface area (Å²) in [4.78, 5) is 0. The third-order valence-electron chi connectivity index (χ3n) is 2.14. The van der Waals surface area contributed by atoms with E-state index in [0.717, 1.165) is 6.42 Å². The van der Waals surface area contributed by atoms with Gasteiger partial charge in [0.05, 0.1) is 0 Å². The lowest BCUT2D eigenvalue weighted by Crippen LogP contribution is -2.23. The SMILES string of the molecule is C=CCc1ccc(C[Si](C)(C)C)cc1. The van der Waals surface area contributed by atoms with E-state index in [1.807, 2.05) is 6.08 Å². The van der Waals surface area contributed by atoms with Crippen molar-refractivity contribution in [2.45, 2.75) is 32.1 Å². The van der Waals surface area contributed by atoms with Gasteiger partial charge in [0, 0.05) is 8.07 Å². The predicted molar refractivity (Wildman–Crippen MR) is 67.4 cm³/mol. The predicted octanol–water partition coefficient (Wildman–Crippen LogP) is 3.84. The Labute approximate surface area is 88.7 Å². The van der Waals surface area contributed by atoms with Gasteiger partial charge in [0.15, 0.2) is 0 Å². The van der Waals surface area contributed by atoms with Crippen LogP contribution in [0.15, 0.2) is 36.9 Å². The first-order valence-corrected chi connectivity index (χ1v) is 8.91. The highest BCUT2D eigenvalue weighted by molar-refractivity contribution is 6.75. The van der Waals surface area contributed by atoms with Crippen molar-refractivity contribution in [1.29, 1.82) is 0 Å². The van der Waals surface area contributed by atoms with Crippen LogP contribution in [0.3, 0.4) is 0 Å². The van der Waals surface area contributed by atoms with Gasteiger partial charge in [0.25, 0.3) is 0 Å². The largest absolute Gasteiger partial charge is 0.103 e. The van der Waals surface area contributed by atoms with Gasteiger partial charge in [-0.2, -0.15) is 0 Å². The Morgan fingerprint density at radius 2 is 1.57 bits per heavy atom. The van der Waals surface area contributed by atoms with E-state index in [-0.39, 0.29) is 0 Å². The molecule has 0 saturated carbocycles. The number of benzene rings is 1. The molecule has 0 nitrogen and oxygen atoms in total. The van der Waals surface area contributed by atoms with Gasteiger partial charge in [-0.15, -0.1) is 6.58 Å². The van der Waals surface area contributed by atoms with Gasteiger partial charge in [-0.3, -0.25) is 0 Å². The second kappa shape index (κ2) is 4.60. The van der Waals surface area contributed by atoms with Crippen LogP contribution in [-0.2, 0) is 12.5 Å². The maximum Gasteiger partial charge on any atom is 0.0487 e. The van der Waals surface area contributed by atoms with Gasteiger partial charge in [-0.25, -0.2) is 0 Å². The van der Waals surface area contributed by atoms with Crippen LogP contribution in [-0.4, -0.2) is 8.07 Å². The Kier molecular flexibility index (Phi) is 3.70. The Morgan fingerprint density at radius 3 is 2.00 bits per heavy atom. The first-order valence-electron chi connectivity index (χ1n) is 5.20. The molecule has 0 amide bonds. The molecule has 1 heteroatoms. The van der Waals surface area contributed by atoms with Gasteiger partial charge >= 0.3 is 0 Å². The quantitative estimate of drug-likeness (QED) is 0.516. The Morgan fingerprint density at radius 1 is 1.07 bits per heavy atom. The molecule has 76 valence electrons. The van der Waals surface area contributed by atoms with Crippen molar-refractivity contribution in [3.8, 4) is 0 Å². The van der Waals surface area contributed by atoms with Crippen molar-refractivity contribution in [1.82, 2.24) is 0 Å². The molecule has 14 heavy (non-hydrogen) atoms. The molecule has 0 aromatic heterocycles. The topological polar surface area (TPSA) is 0 Å². The van der Waals surface area contributed by atoms with E-state index in [2.05, 4.69) is 50.5 Å². The minimum absolute atomic E-state index is 0.954. The van der Waals surface area contributed by atoms with Crippen molar-refractivity contribution in [2.75, 3.05) is 0 Å². The van der Waals surface area contributed by atoms with Gasteiger partial charge in [-0.05, 0) is 18.0 Å². The minimum atomic E-state index is -0.954. The van der Waals surface area contributed by atoms with Gasteiger partial charge in [0.1, 0.15) is 0 Å². The first kappa shape index (κ1) is 11.3. The molecule has 0 N–H and O–H groups in total. The number of allylic oxidation sites excluding steroid dienone is 1. The van der Waals surface area contributed by atoms with Gasteiger partial charge in [0.2, 0.25) is 0 Å². The number of hydrogen-bond acceptors (Lipinski definition) is 0. The molecule has 0 radical (unpaired) electrons. The molecule has 1 rings (SSSR count). The summed E-state index contributed by atoms with van der Waals surface area (Å²) in [5.41, 5.74) is 2.84. The molecule has 0 saturated heterocycles. The van der Waals surface area contributed by atoms with E-state index in [0.29, 0.717) is 0 Å². The second-order valence-corrected chi connectivity index (χ2v) is 10.5. The molecule has 0 bridgehead atoms. The standard InChI is InChI=1S/C13H20Si/c1-5-6-12-7-9-13(10-8-12)11-14(2,3)4/h5,7-10H,1,6,11H2,2-4H3. The van der Waals surface area contributed by atoms with Crippen molar-refractivity contribution >= 4 is 8.07 Å². The summed E-state index contributed by atoms with van der Waals surface area (Å²) in [6.45, 7) is 11.0. The second-order valence-electron chi connectivity index (χ2n) is 5.05. The summed E-state index contributed by atoms with van der Waals surface area (Å²) in [5, 5.41) is 0.